The van der Waals surface area contributed by atoms with Gasteiger partial charge in [0.15, 0.2) is 6.67 Å². The molecule has 1 unspecified atom stereocenters. The number of benzene rings is 1. The predicted octanol–water partition coefficient (Wildman–Crippen LogP) is 1.90. The Labute approximate surface area is 221 Å². The van der Waals surface area contributed by atoms with Gasteiger partial charge in [-0.05, 0) is 64.0 Å². The molecule has 0 saturated carbocycles. The molecule has 38 heavy (non-hydrogen) atoms. The van der Waals surface area contributed by atoms with E-state index in [2.05, 4.69) is 16.3 Å². The van der Waals surface area contributed by atoms with Gasteiger partial charge in [-0.1, -0.05) is 0 Å². The third kappa shape index (κ3) is 4.43. The molecule has 2 aromatic rings. The molecular weight excluding hydrogens is 487 g/mol. The third-order valence-corrected chi connectivity index (χ3v) is 8.06. The van der Waals surface area contributed by atoms with Gasteiger partial charge in [0.25, 0.3) is 5.91 Å². The summed E-state index contributed by atoms with van der Waals surface area (Å²) in [5, 5.41) is 12.9. The molecule has 1 spiro atoms. The van der Waals surface area contributed by atoms with Crippen LogP contribution in [-0.2, 0) is 21.5 Å². The third-order valence-electron chi connectivity index (χ3n) is 8.06. The number of fused-ring (bicyclic) bond motifs is 2. The van der Waals surface area contributed by atoms with Crippen LogP contribution in [0.3, 0.4) is 0 Å². The fourth-order valence-electron chi connectivity index (χ4n) is 6.13. The minimum Gasteiger partial charge on any atom is -0.399 e. The van der Waals surface area contributed by atoms with Crippen LogP contribution in [0.4, 0.5) is 15.9 Å². The maximum absolute atomic E-state index is 14.2. The second kappa shape index (κ2) is 9.83. The van der Waals surface area contributed by atoms with E-state index in [1.807, 2.05) is 31.9 Å². The van der Waals surface area contributed by atoms with Gasteiger partial charge in [-0.2, -0.15) is 5.26 Å². The van der Waals surface area contributed by atoms with E-state index in [0.717, 1.165) is 23.4 Å². The fourth-order valence-corrected chi connectivity index (χ4v) is 6.13. The van der Waals surface area contributed by atoms with Gasteiger partial charge in [0.05, 0.1) is 36.0 Å². The van der Waals surface area contributed by atoms with Crippen LogP contribution in [-0.4, -0.2) is 82.4 Å². The van der Waals surface area contributed by atoms with E-state index in [9.17, 15) is 19.2 Å². The number of nitrogen functional groups attached to an aromatic ring is 1. The highest BCUT2D eigenvalue weighted by atomic mass is 19.1. The first-order valence-electron chi connectivity index (χ1n) is 12.9. The minimum atomic E-state index is -1.03. The molecule has 10 nitrogen and oxygen atoms in total. The number of carbonyl (C=O) groups is 2. The molecule has 3 N–H and O–H groups in total. The number of carbonyl (C=O) groups excluding carboxylic acids is 2. The molecule has 3 atom stereocenters. The first-order valence-corrected chi connectivity index (χ1v) is 12.9. The van der Waals surface area contributed by atoms with Gasteiger partial charge in [0.2, 0.25) is 5.91 Å². The Morgan fingerprint density at radius 1 is 1.34 bits per heavy atom. The number of nitrogens with two attached hydrogens (primary N) is 1. The summed E-state index contributed by atoms with van der Waals surface area (Å²) in [4.78, 5) is 41.3. The van der Waals surface area contributed by atoms with E-state index < -0.39 is 18.0 Å². The smallest absolute Gasteiger partial charge is 0.254 e. The summed E-state index contributed by atoms with van der Waals surface area (Å²) in [5.74, 6) is 0.684. The van der Waals surface area contributed by atoms with Crippen molar-refractivity contribution in [2.45, 2.75) is 50.7 Å². The van der Waals surface area contributed by atoms with E-state index in [-0.39, 0.29) is 18.0 Å². The average Bonchev–Trinajstić information content (AvgIpc) is 3.54. The Morgan fingerprint density at radius 2 is 2.13 bits per heavy atom. The monoisotopic (exact) mass is 520 g/mol. The van der Waals surface area contributed by atoms with E-state index in [1.54, 1.807) is 12.1 Å². The van der Waals surface area contributed by atoms with Crippen LogP contribution >= 0.6 is 0 Å². The van der Waals surface area contributed by atoms with Crippen LogP contribution in [0.1, 0.15) is 54.0 Å². The molecule has 11 heteroatoms. The number of amides is 2. The zero-order valence-electron chi connectivity index (χ0n) is 22.0. The number of rotatable bonds is 5. The zero-order valence-corrected chi connectivity index (χ0v) is 22.0. The number of aryl methyl sites for hydroxylation is 1. The Kier molecular flexibility index (Phi) is 6.69. The Morgan fingerprint density at radius 3 is 2.82 bits per heavy atom. The van der Waals surface area contributed by atoms with E-state index in [1.165, 1.54) is 4.90 Å². The van der Waals surface area contributed by atoms with E-state index >= 15 is 0 Å². The summed E-state index contributed by atoms with van der Waals surface area (Å²) in [6.07, 6.45) is 1.24. The highest BCUT2D eigenvalue weighted by Gasteiger charge is 2.54. The SMILES string of the molecule is Cc1nc(N[C@H](C)c2cc(N)cc(C#N)c2)c2c(n1)C1(CCN(C)C1)C(=O)N([C@@H]1CCN(C(=O)CF)C1)C2. The number of hydrogen-bond acceptors (Lipinski definition) is 8. The molecule has 1 aromatic carbocycles. The first kappa shape index (κ1) is 25.9. The highest BCUT2D eigenvalue weighted by molar-refractivity contribution is 5.91. The van der Waals surface area contributed by atoms with Gasteiger partial charge in [0.1, 0.15) is 17.1 Å². The maximum atomic E-state index is 14.2. The fraction of sp³-hybridized carbons (Fsp3) is 0.519. The number of anilines is 2. The van der Waals surface area contributed by atoms with Crippen LogP contribution in [0.5, 0.6) is 0 Å². The quantitative estimate of drug-likeness (QED) is 0.572. The topological polar surface area (TPSA) is 131 Å². The molecule has 1 aromatic heterocycles. The maximum Gasteiger partial charge on any atom is 0.254 e. The van der Waals surface area contributed by atoms with Crippen molar-refractivity contribution in [3.63, 3.8) is 0 Å². The summed E-state index contributed by atoms with van der Waals surface area (Å²) in [6, 6.07) is 6.99. The number of hydrogen-bond donors (Lipinski definition) is 2. The molecule has 2 amide bonds. The van der Waals surface area contributed by atoms with Gasteiger partial charge in [-0.25, -0.2) is 14.4 Å². The average molecular weight is 521 g/mol. The lowest BCUT2D eigenvalue weighted by Gasteiger charge is -2.43. The largest absolute Gasteiger partial charge is 0.399 e. The van der Waals surface area contributed by atoms with Crippen LogP contribution in [0.2, 0.25) is 0 Å². The Balaban J connectivity index is 1.54. The predicted molar refractivity (Wildman–Crippen MR) is 140 cm³/mol. The van der Waals surface area contributed by atoms with E-state index in [4.69, 9.17) is 15.7 Å². The van der Waals surface area contributed by atoms with Gasteiger partial charge >= 0.3 is 0 Å². The van der Waals surface area contributed by atoms with Crippen molar-refractivity contribution in [2.24, 2.45) is 0 Å². The van der Waals surface area contributed by atoms with Gasteiger partial charge < -0.3 is 25.8 Å². The summed E-state index contributed by atoms with van der Waals surface area (Å²) < 4.78 is 13.1. The highest BCUT2D eigenvalue weighted by Crippen LogP contribution is 2.44. The van der Waals surface area contributed by atoms with Crippen LogP contribution in [0.15, 0.2) is 18.2 Å². The second-order valence-electron chi connectivity index (χ2n) is 10.7. The molecule has 3 aliphatic rings. The van der Waals surface area contributed by atoms with E-state index in [0.29, 0.717) is 61.9 Å². The van der Waals surface area contributed by atoms with Crippen LogP contribution in [0, 0.1) is 18.3 Å². The Bertz CT molecular complexity index is 1330. The number of alkyl halides is 1. The van der Waals surface area contributed by atoms with Crippen molar-refractivity contribution < 1.29 is 14.0 Å². The van der Waals surface area contributed by atoms with Gasteiger partial charge in [-0.15, -0.1) is 0 Å². The lowest BCUT2D eigenvalue weighted by atomic mass is 9.76. The van der Waals surface area contributed by atoms with Gasteiger partial charge in [0, 0.05) is 30.9 Å². The summed E-state index contributed by atoms with van der Waals surface area (Å²) in [6.45, 7) is 5.13. The molecule has 2 fully saturated rings. The Hall–Kier alpha value is -3.78. The molecule has 200 valence electrons. The molecule has 2 saturated heterocycles. The lowest BCUT2D eigenvalue weighted by Crippen LogP contribution is -2.56. The number of likely N-dealkylation sites (tertiary alicyclic amines) is 2. The summed E-state index contributed by atoms with van der Waals surface area (Å²) in [5.41, 5.74) is 8.67. The number of nitriles is 1. The van der Waals surface area contributed by atoms with Gasteiger partial charge in [-0.3, -0.25) is 9.59 Å². The molecule has 3 aliphatic heterocycles. The van der Waals surface area contributed by atoms with Crippen molar-refractivity contribution in [1.29, 1.82) is 5.26 Å². The molecule has 0 aliphatic carbocycles. The molecule has 5 rings (SSSR count). The minimum absolute atomic E-state index is 0.0143. The zero-order chi connectivity index (χ0) is 27.2. The second-order valence-corrected chi connectivity index (χ2v) is 10.7. The summed E-state index contributed by atoms with van der Waals surface area (Å²) >= 11 is 0. The normalized spacial score (nSPS) is 24.0. The molecule has 4 heterocycles. The number of aromatic nitrogens is 2. The molecule has 0 radical (unpaired) electrons. The first-order chi connectivity index (χ1) is 18.1. The molecule has 0 bridgehead atoms. The van der Waals surface area contributed by atoms with Crippen LogP contribution in [0.25, 0.3) is 0 Å². The number of nitrogens with one attached hydrogen (secondary N) is 1. The number of likely N-dealkylation sites (N-methyl/N-ethyl adjacent to an activating group) is 1. The van der Waals surface area contributed by atoms with Crippen LogP contribution < -0.4 is 11.1 Å². The van der Waals surface area contributed by atoms with Crippen molar-refractivity contribution in [2.75, 3.05) is 51.0 Å². The van der Waals surface area contributed by atoms with Crippen molar-refractivity contribution in [1.82, 2.24) is 24.7 Å². The lowest BCUT2D eigenvalue weighted by molar-refractivity contribution is -0.142. The standard InChI is InChI=1S/C27H33FN8O2/c1-16(19-8-18(12-29)9-20(30)10-19)31-25-22-14-36(21-4-6-35(13-21)23(37)11-28)26(38)27(5-7-34(3)15-27)24(22)32-17(2)33-25/h8-10,16,21H,4-7,11,13-15,30H2,1-3H3,(H,31,32,33)/t16-,21-,27?/m1/s1. The van der Waals surface area contributed by atoms with Crippen molar-refractivity contribution in [3.8, 4) is 6.07 Å². The van der Waals surface area contributed by atoms with Crippen molar-refractivity contribution >= 4 is 23.3 Å². The summed E-state index contributed by atoms with van der Waals surface area (Å²) in [7, 11) is 2.00. The molecular formula is C27H33FN8O2. The number of nitrogens with zero attached hydrogens (tertiary/aromatic N) is 6. The number of halogens is 1. The van der Waals surface area contributed by atoms with Crippen molar-refractivity contribution in [3.05, 3.63) is 46.4 Å².